The van der Waals surface area contributed by atoms with E-state index in [-0.39, 0.29) is 17.5 Å². The van der Waals surface area contributed by atoms with Crippen molar-refractivity contribution in [3.05, 3.63) is 46.5 Å². The molecule has 3 aromatic rings. The molecular weight excluding hydrogens is 465 g/mol. The summed E-state index contributed by atoms with van der Waals surface area (Å²) in [6, 6.07) is 5.33. The second kappa shape index (κ2) is 13.6. The van der Waals surface area contributed by atoms with E-state index < -0.39 is 0 Å². The molecule has 196 valence electrons. The minimum Gasteiger partial charge on any atom is -0.381 e. The molecule has 0 radical (unpaired) electrons. The average molecular weight is 502 g/mol. The van der Waals surface area contributed by atoms with Crippen molar-refractivity contribution in [2.75, 3.05) is 32.0 Å². The Bertz CT molecular complexity index is 1170. The van der Waals surface area contributed by atoms with Gasteiger partial charge in [0.2, 0.25) is 0 Å². The van der Waals surface area contributed by atoms with E-state index in [4.69, 9.17) is 4.74 Å². The van der Waals surface area contributed by atoms with Crippen LogP contribution in [-0.2, 0) is 4.74 Å². The predicted molar refractivity (Wildman–Crippen MR) is 139 cm³/mol. The first-order valence-electron chi connectivity index (χ1n) is 12.3. The molecule has 5 rings (SSSR count). The quantitative estimate of drug-likeness (QED) is 0.402. The first kappa shape index (κ1) is 27.1. The van der Waals surface area contributed by atoms with Gasteiger partial charge in [-0.05, 0) is 44.2 Å². The molecule has 0 bridgehead atoms. The summed E-state index contributed by atoms with van der Waals surface area (Å²) in [6.45, 7) is 0. The maximum Gasteiger partial charge on any atom is 0.271 e. The second-order valence-electron chi connectivity index (χ2n) is 8.71. The van der Waals surface area contributed by atoms with Crippen molar-refractivity contribution in [2.45, 2.75) is 63.5 Å². The van der Waals surface area contributed by atoms with Gasteiger partial charge in [-0.15, -0.1) is 0 Å². The number of nitrogens with one attached hydrogen (secondary N) is 4. The highest BCUT2D eigenvalue weighted by Crippen LogP contribution is 2.23. The number of amides is 1. The van der Waals surface area contributed by atoms with Crippen LogP contribution in [0.4, 0.5) is 21.7 Å². The molecule has 0 saturated heterocycles. The van der Waals surface area contributed by atoms with Crippen LogP contribution < -0.4 is 21.5 Å². The van der Waals surface area contributed by atoms with Crippen molar-refractivity contribution in [1.82, 2.24) is 24.9 Å². The Kier molecular flexibility index (Phi) is 10.2. The molecule has 2 fully saturated rings. The monoisotopic (exact) mass is 501 g/mol. The zero-order valence-corrected chi connectivity index (χ0v) is 21.1. The molecule has 36 heavy (non-hydrogen) atoms. The topological polar surface area (TPSA) is 125 Å². The van der Waals surface area contributed by atoms with Gasteiger partial charge < -0.3 is 25.7 Å². The van der Waals surface area contributed by atoms with Crippen molar-refractivity contribution in [3.8, 4) is 0 Å². The lowest BCUT2D eigenvalue weighted by Crippen LogP contribution is -2.39. The number of nitrogens with zero attached hydrogens (tertiary/aromatic N) is 3. The van der Waals surface area contributed by atoms with Gasteiger partial charge in [0.25, 0.3) is 11.5 Å². The van der Waals surface area contributed by atoms with Gasteiger partial charge in [0.05, 0.1) is 19.5 Å². The molecule has 1 amide bonds. The Morgan fingerprint density at radius 3 is 2.50 bits per heavy atom. The molecule has 0 aliphatic heterocycles. The molecular formula is C25H36FN7O3. The normalized spacial score (nSPS) is 15.6. The number of carbonyl (C=O) groups excluding carboxylic acids is 1. The summed E-state index contributed by atoms with van der Waals surface area (Å²) in [5.41, 5.74) is 0.936. The minimum absolute atomic E-state index is 0.186. The maximum absolute atomic E-state index is 12.5. The van der Waals surface area contributed by atoms with Gasteiger partial charge in [-0.25, -0.2) is 4.98 Å². The molecule has 2 saturated carbocycles. The van der Waals surface area contributed by atoms with Crippen LogP contribution in [0.1, 0.15) is 61.7 Å². The summed E-state index contributed by atoms with van der Waals surface area (Å²) >= 11 is 0. The maximum atomic E-state index is 12.5. The first-order valence-corrected chi connectivity index (χ1v) is 12.3. The molecule has 0 spiro atoms. The largest absolute Gasteiger partial charge is 0.381 e. The summed E-state index contributed by atoms with van der Waals surface area (Å²) < 4.78 is 16.3. The van der Waals surface area contributed by atoms with Gasteiger partial charge in [-0.3, -0.25) is 14.0 Å². The lowest BCUT2D eigenvalue weighted by atomic mass is 9.93. The zero-order chi connectivity index (χ0) is 25.9. The Morgan fingerprint density at radius 2 is 1.92 bits per heavy atom. The summed E-state index contributed by atoms with van der Waals surface area (Å²) in [5, 5.41) is 13.3. The Hall–Kier alpha value is -3.47. The van der Waals surface area contributed by atoms with Crippen LogP contribution in [-0.4, -0.2) is 59.0 Å². The van der Waals surface area contributed by atoms with Crippen LogP contribution in [0, 0.1) is 0 Å². The lowest BCUT2D eigenvalue weighted by molar-refractivity contribution is 0.0710. The fraction of sp³-hybridized carbons (Fsp3) is 0.520. The van der Waals surface area contributed by atoms with E-state index in [0.717, 1.165) is 19.3 Å². The van der Waals surface area contributed by atoms with Crippen molar-refractivity contribution < 1.29 is 13.9 Å². The number of fused-ring (bicyclic) bond motifs is 1. The van der Waals surface area contributed by atoms with Crippen molar-refractivity contribution >= 4 is 28.9 Å². The van der Waals surface area contributed by atoms with Crippen LogP contribution in [0.5, 0.6) is 0 Å². The molecule has 2 aliphatic rings. The van der Waals surface area contributed by atoms with Gasteiger partial charge in [0.15, 0.2) is 5.65 Å². The van der Waals surface area contributed by atoms with Crippen molar-refractivity contribution in [3.63, 3.8) is 0 Å². The highest BCUT2D eigenvalue weighted by Gasteiger charge is 2.23. The van der Waals surface area contributed by atoms with Gasteiger partial charge in [-0.2, -0.15) is 9.61 Å². The smallest absolute Gasteiger partial charge is 0.271 e. The number of halogens is 1. The molecule has 10 nitrogen and oxygen atoms in total. The second-order valence-corrected chi connectivity index (χ2v) is 8.71. The van der Waals surface area contributed by atoms with E-state index in [0.29, 0.717) is 41.8 Å². The van der Waals surface area contributed by atoms with Crippen LogP contribution in [0.25, 0.3) is 5.65 Å². The number of hydrogen-bond acceptors (Lipinski definition) is 7. The number of H-pyrrole nitrogens is 1. The molecule has 3 heterocycles. The van der Waals surface area contributed by atoms with E-state index in [1.807, 2.05) is 7.11 Å². The number of aromatic amines is 1. The highest BCUT2D eigenvalue weighted by atomic mass is 19.1. The van der Waals surface area contributed by atoms with Crippen molar-refractivity contribution in [1.29, 1.82) is 0 Å². The number of alkyl halides is 1. The number of aromatic nitrogens is 4. The number of pyridine rings is 1. The van der Waals surface area contributed by atoms with E-state index in [2.05, 4.69) is 31.0 Å². The number of methoxy groups -OCH3 is 1. The van der Waals surface area contributed by atoms with Crippen LogP contribution in [0.2, 0.25) is 0 Å². The fourth-order valence-corrected chi connectivity index (χ4v) is 4.14. The third-order valence-corrected chi connectivity index (χ3v) is 6.38. The van der Waals surface area contributed by atoms with Crippen LogP contribution >= 0.6 is 0 Å². The predicted octanol–water partition coefficient (Wildman–Crippen LogP) is 4.04. The van der Waals surface area contributed by atoms with Crippen LogP contribution in [0.15, 0.2) is 35.4 Å². The Morgan fingerprint density at radius 1 is 1.17 bits per heavy atom. The van der Waals surface area contributed by atoms with Gasteiger partial charge in [0, 0.05) is 32.5 Å². The van der Waals surface area contributed by atoms with E-state index in [1.54, 1.807) is 36.0 Å². The fourth-order valence-electron chi connectivity index (χ4n) is 4.14. The Labute approximate surface area is 210 Å². The first-order chi connectivity index (χ1) is 17.6. The van der Waals surface area contributed by atoms with E-state index in [9.17, 15) is 14.0 Å². The molecule has 2 aliphatic carbocycles. The van der Waals surface area contributed by atoms with Crippen LogP contribution in [0.3, 0.4) is 0 Å². The third kappa shape index (κ3) is 6.81. The van der Waals surface area contributed by atoms with Gasteiger partial charge in [0.1, 0.15) is 22.9 Å². The summed E-state index contributed by atoms with van der Waals surface area (Å²) in [5.74, 6) is 0.901. The van der Waals surface area contributed by atoms with Gasteiger partial charge in [-0.1, -0.05) is 19.3 Å². The minimum atomic E-state index is -0.253. The molecule has 3 aromatic heterocycles. The van der Waals surface area contributed by atoms with Crippen molar-refractivity contribution in [2.24, 2.45) is 0 Å². The molecule has 11 heteroatoms. The number of hydrogen-bond donors (Lipinski definition) is 4. The third-order valence-electron chi connectivity index (χ3n) is 6.38. The molecule has 0 atom stereocenters. The van der Waals surface area contributed by atoms with Gasteiger partial charge >= 0.3 is 0 Å². The summed E-state index contributed by atoms with van der Waals surface area (Å²) in [4.78, 5) is 31.5. The SMILES string of the molecule is CF.CNc1cc(Nc2ccc[nH]c2=O)nc2c(C(=O)NC3CCC3)cnn12.COC1CCCCC1. The standard InChI is InChI=1S/C17H19N7O2.C7H14O.CH3F/c1-18-14-8-13(22-12-6-3-7-19-17(12)26)23-15-11(9-20-24(14)15)16(25)21-10-4-2-5-10;1-8-7-5-3-2-4-6-7;1-2/h3,6-10,18H,2,4-5H2,1H3,(H,19,26)(H,21,25)(H,22,23);7H,2-6H2,1H3;1H3. The average Bonchev–Trinajstić information content (AvgIpc) is 3.33. The summed E-state index contributed by atoms with van der Waals surface area (Å²) in [6.07, 6.45) is 13.5. The highest BCUT2D eigenvalue weighted by molar-refractivity contribution is 6.00. The number of ether oxygens (including phenoxy) is 1. The van der Waals surface area contributed by atoms with E-state index in [1.165, 1.54) is 38.3 Å². The number of rotatable bonds is 6. The number of carbonyl (C=O) groups is 1. The molecule has 0 aromatic carbocycles. The lowest BCUT2D eigenvalue weighted by Gasteiger charge is -2.26. The van der Waals surface area contributed by atoms with E-state index >= 15 is 0 Å². The number of anilines is 3. The molecule has 4 N–H and O–H groups in total. The molecule has 0 unspecified atom stereocenters. The Balaban J connectivity index is 0.000000305. The summed E-state index contributed by atoms with van der Waals surface area (Å²) in [7, 11) is 4.07. The zero-order valence-electron chi connectivity index (χ0n) is 21.1.